The molecule has 9 aliphatic carbocycles. The molecule has 9 aliphatic rings. The third kappa shape index (κ3) is 6.86. The highest BCUT2D eigenvalue weighted by molar-refractivity contribution is 5.78. The minimum atomic E-state index is -0.373. The standard InChI is InChI=1S/C59H95NO3/c1-36(2)15-14-16-38(5)44-19-20-45-43-18-17-40-35-41(23-28-54(40,9)46(43)25-29-55(44,45)10)63-52(62)59-32-24-42(37(3)4)51(59)47-21-22-49-56(11)30-27-50(60-39(6)61)53(7,8)48(56)26-31-58(49,13)57(47,12)33-34-59/h17,36,38,41-51H,3,14-16,18-35H2,1-2,4-13H3,(H,60,61)/t38-,41-,42?,43+,44-,45+,46+,47-,48?,49-,50?,51?,54+,55-,56+,57-,58-,59+/m1/s1. The first-order valence-electron chi connectivity index (χ1n) is 27.4. The Morgan fingerprint density at radius 1 is 0.730 bits per heavy atom. The van der Waals surface area contributed by atoms with Crippen LogP contribution in [0.3, 0.4) is 0 Å². The van der Waals surface area contributed by atoms with Gasteiger partial charge in [-0.1, -0.05) is 112 Å². The van der Waals surface area contributed by atoms with Gasteiger partial charge in [0.1, 0.15) is 6.10 Å². The van der Waals surface area contributed by atoms with Crippen molar-refractivity contribution in [1.29, 1.82) is 0 Å². The normalized spacial score (nSPS) is 50.0. The van der Waals surface area contributed by atoms with Crippen molar-refractivity contribution in [2.45, 2.75) is 230 Å². The second kappa shape index (κ2) is 16.0. The van der Waals surface area contributed by atoms with E-state index in [0.29, 0.717) is 35.0 Å². The van der Waals surface area contributed by atoms with Gasteiger partial charge in [-0.3, -0.25) is 9.59 Å². The zero-order chi connectivity index (χ0) is 45.3. The molecule has 8 fully saturated rings. The molecule has 1 amide bonds. The van der Waals surface area contributed by atoms with E-state index in [1.807, 2.05) is 0 Å². The van der Waals surface area contributed by atoms with E-state index < -0.39 is 0 Å². The fourth-order valence-corrected chi connectivity index (χ4v) is 21.0. The summed E-state index contributed by atoms with van der Waals surface area (Å²) in [6.45, 7) is 34.4. The fourth-order valence-electron chi connectivity index (χ4n) is 21.0. The SMILES string of the molecule is C=C(C)C1CC[C@]2(C(=O)O[C@@H]3CC[C@@]4(C)C(=CC[C@H]5[C@@H]6CC[C@H]([C@H](C)CCCC(C)C)[C@@]6(C)CC[C@@H]54)C3)CC[C@]3(C)[C@H](CC[C@@H]4[C@@]5(C)CCC(NC(C)=O)C(C)(C)C5CC[C@]43C)C12. The second-order valence-electron chi connectivity index (χ2n) is 27.5. The van der Waals surface area contributed by atoms with Gasteiger partial charge in [-0.2, -0.15) is 0 Å². The predicted molar refractivity (Wildman–Crippen MR) is 259 cm³/mol. The molecule has 0 aromatic rings. The molecular weight excluding hydrogens is 771 g/mol. The second-order valence-corrected chi connectivity index (χ2v) is 27.5. The summed E-state index contributed by atoms with van der Waals surface area (Å²) in [4.78, 5) is 27.6. The molecule has 0 saturated heterocycles. The number of allylic oxidation sites excluding steroid dienone is 2. The molecule has 0 aromatic heterocycles. The lowest BCUT2D eigenvalue weighted by Crippen LogP contribution is -2.68. The third-order valence-electron chi connectivity index (χ3n) is 24.4. The first kappa shape index (κ1) is 46.5. The molecule has 8 saturated carbocycles. The van der Waals surface area contributed by atoms with Crippen molar-refractivity contribution in [3.8, 4) is 0 Å². The maximum Gasteiger partial charge on any atom is 0.312 e. The van der Waals surface area contributed by atoms with Crippen LogP contribution < -0.4 is 5.32 Å². The van der Waals surface area contributed by atoms with Crippen molar-refractivity contribution in [2.75, 3.05) is 0 Å². The van der Waals surface area contributed by atoms with Crippen LogP contribution in [0.1, 0.15) is 218 Å². The van der Waals surface area contributed by atoms with E-state index in [9.17, 15) is 4.79 Å². The molecule has 63 heavy (non-hydrogen) atoms. The molecule has 0 aliphatic heterocycles. The van der Waals surface area contributed by atoms with Gasteiger partial charge in [0.05, 0.1) is 5.41 Å². The molecule has 0 heterocycles. The molecule has 4 nitrogen and oxygen atoms in total. The van der Waals surface area contributed by atoms with E-state index in [4.69, 9.17) is 4.74 Å². The maximum atomic E-state index is 15.3. The van der Waals surface area contributed by atoms with Crippen molar-refractivity contribution >= 4 is 11.9 Å². The molecule has 9 rings (SSSR count). The molecule has 18 atom stereocenters. The summed E-state index contributed by atoms with van der Waals surface area (Å²) in [7, 11) is 0. The zero-order valence-corrected chi connectivity index (χ0v) is 42.9. The molecule has 1 N–H and O–H groups in total. The smallest absolute Gasteiger partial charge is 0.312 e. The molecule has 4 unspecified atom stereocenters. The summed E-state index contributed by atoms with van der Waals surface area (Å²) in [5.41, 5.74) is 4.12. The molecule has 354 valence electrons. The Morgan fingerprint density at radius 3 is 2.17 bits per heavy atom. The van der Waals surface area contributed by atoms with Crippen molar-refractivity contribution in [2.24, 2.45) is 103 Å². The number of rotatable bonds is 9. The number of carbonyl (C=O) groups excluding carboxylic acids is 2. The largest absolute Gasteiger partial charge is 0.462 e. The highest BCUT2D eigenvalue weighted by Gasteiger charge is 2.72. The summed E-state index contributed by atoms with van der Waals surface area (Å²) in [5, 5.41) is 3.39. The molecule has 0 radical (unpaired) electrons. The van der Waals surface area contributed by atoms with E-state index in [0.717, 1.165) is 80.5 Å². The fraction of sp³-hybridized carbons (Fsp3) is 0.898. The Balaban J connectivity index is 0.908. The van der Waals surface area contributed by atoms with Crippen molar-refractivity contribution < 1.29 is 14.3 Å². The number of ether oxygens (including phenoxy) is 1. The lowest BCUT2D eigenvalue weighted by atomic mass is 9.32. The van der Waals surface area contributed by atoms with Crippen LogP contribution in [0.2, 0.25) is 0 Å². The number of hydrogen-bond donors (Lipinski definition) is 1. The van der Waals surface area contributed by atoms with Gasteiger partial charge < -0.3 is 10.1 Å². The van der Waals surface area contributed by atoms with Crippen molar-refractivity contribution in [3.05, 3.63) is 23.8 Å². The Kier molecular flexibility index (Phi) is 11.8. The van der Waals surface area contributed by atoms with Gasteiger partial charge in [0.25, 0.3) is 0 Å². The predicted octanol–water partition coefficient (Wildman–Crippen LogP) is 15.1. The van der Waals surface area contributed by atoms with Crippen LogP contribution in [0.5, 0.6) is 0 Å². The van der Waals surface area contributed by atoms with Gasteiger partial charge in [0, 0.05) is 19.4 Å². The first-order chi connectivity index (χ1) is 29.6. The Morgan fingerprint density at radius 2 is 1.46 bits per heavy atom. The maximum absolute atomic E-state index is 15.3. The number of esters is 1. The highest BCUT2D eigenvalue weighted by Crippen LogP contribution is 2.78. The lowest BCUT2D eigenvalue weighted by molar-refractivity contribution is -0.241. The van der Waals surface area contributed by atoms with Gasteiger partial charge >= 0.3 is 5.97 Å². The molecule has 0 spiro atoms. The van der Waals surface area contributed by atoms with Crippen LogP contribution in [0.25, 0.3) is 0 Å². The number of nitrogens with one attached hydrogen (secondary N) is 1. The monoisotopic (exact) mass is 866 g/mol. The van der Waals surface area contributed by atoms with Gasteiger partial charge in [-0.25, -0.2) is 0 Å². The van der Waals surface area contributed by atoms with Gasteiger partial charge in [-0.15, -0.1) is 0 Å². The van der Waals surface area contributed by atoms with Crippen molar-refractivity contribution in [1.82, 2.24) is 5.32 Å². The quantitative estimate of drug-likeness (QED) is 0.186. The summed E-state index contributed by atoms with van der Waals surface area (Å²) in [5.74, 6) is 7.91. The minimum Gasteiger partial charge on any atom is -0.462 e. The van der Waals surface area contributed by atoms with E-state index in [1.54, 1.807) is 12.5 Å². The van der Waals surface area contributed by atoms with Crippen LogP contribution in [0.4, 0.5) is 0 Å². The number of amides is 1. The molecular formula is C59H95NO3. The summed E-state index contributed by atoms with van der Waals surface area (Å²) in [6, 6.07) is 0.256. The average Bonchev–Trinajstić information content (AvgIpc) is 3.78. The summed E-state index contributed by atoms with van der Waals surface area (Å²) in [6.07, 6.45) is 28.6. The summed E-state index contributed by atoms with van der Waals surface area (Å²) < 4.78 is 7.02. The van der Waals surface area contributed by atoms with E-state index in [2.05, 4.69) is 94.1 Å². The van der Waals surface area contributed by atoms with Crippen LogP contribution in [-0.2, 0) is 14.3 Å². The number of carbonyl (C=O) groups is 2. The lowest BCUT2D eigenvalue weighted by Gasteiger charge is -2.73. The van der Waals surface area contributed by atoms with Gasteiger partial charge in [0.15, 0.2) is 0 Å². The van der Waals surface area contributed by atoms with Crippen LogP contribution in [0.15, 0.2) is 23.8 Å². The highest BCUT2D eigenvalue weighted by atomic mass is 16.5. The third-order valence-corrected chi connectivity index (χ3v) is 24.4. The van der Waals surface area contributed by atoms with Crippen LogP contribution >= 0.6 is 0 Å². The summed E-state index contributed by atoms with van der Waals surface area (Å²) >= 11 is 0. The van der Waals surface area contributed by atoms with E-state index in [1.165, 1.54) is 95.5 Å². The number of fused-ring (bicyclic) bond motifs is 12. The van der Waals surface area contributed by atoms with Crippen molar-refractivity contribution in [3.63, 3.8) is 0 Å². The molecule has 0 bridgehead atoms. The Bertz CT molecular complexity index is 1830. The van der Waals surface area contributed by atoms with Crippen LogP contribution in [-0.4, -0.2) is 24.0 Å². The molecule has 0 aromatic carbocycles. The average molecular weight is 866 g/mol. The zero-order valence-electron chi connectivity index (χ0n) is 42.9. The van der Waals surface area contributed by atoms with Gasteiger partial charge in [-0.05, 0) is 214 Å². The molecule has 4 heteroatoms. The Labute approximate surface area is 386 Å². The Hall–Kier alpha value is -1.58. The first-order valence-corrected chi connectivity index (χ1v) is 27.4. The van der Waals surface area contributed by atoms with E-state index >= 15 is 4.79 Å². The van der Waals surface area contributed by atoms with E-state index in [-0.39, 0.29) is 56.5 Å². The number of hydrogen-bond acceptors (Lipinski definition) is 3. The van der Waals surface area contributed by atoms with Gasteiger partial charge in [0.2, 0.25) is 5.91 Å². The van der Waals surface area contributed by atoms with Crippen LogP contribution in [0, 0.1) is 103 Å². The minimum absolute atomic E-state index is 0.0245. The topological polar surface area (TPSA) is 55.4 Å².